The molecule has 1 saturated carbocycles. The van der Waals surface area contributed by atoms with E-state index in [1.807, 2.05) is 6.07 Å². The summed E-state index contributed by atoms with van der Waals surface area (Å²) in [7, 11) is 0. The molecule has 124 valence electrons. The highest BCUT2D eigenvalue weighted by Crippen LogP contribution is 2.40. The number of rotatable bonds is 4. The highest BCUT2D eigenvalue weighted by Gasteiger charge is 2.43. The van der Waals surface area contributed by atoms with Crippen molar-refractivity contribution in [1.82, 2.24) is 4.90 Å². The van der Waals surface area contributed by atoms with Gasteiger partial charge in [-0.05, 0) is 68.7 Å². The number of ether oxygens (including phenoxy) is 1. The molecule has 4 heteroatoms. The Morgan fingerprint density at radius 3 is 2.96 bits per heavy atom. The lowest BCUT2D eigenvalue weighted by Crippen LogP contribution is -2.53. The van der Waals surface area contributed by atoms with Gasteiger partial charge < -0.3 is 15.4 Å². The van der Waals surface area contributed by atoms with E-state index in [9.17, 15) is 4.79 Å². The number of cyclic esters (lactones) is 1. The van der Waals surface area contributed by atoms with E-state index in [1.54, 1.807) is 0 Å². The highest BCUT2D eigenvalue weighted by atomic mass is 16.5. The van der Waals surface area contributed by atoms with Crippen molar-refractivity contribution in [3.63, 3.8) is 0 Å². The maximum Gasteiger partial charge on any atom is 0.338 e. The summed E-state index contributed by atoms with van der Waals surface area (Å²) in [6.07, 6.45) is 6.02. The minimum atomic E-state index is -0.175. The normalized spacial score (nSPS) is 26.0. The summed E-state index contributed by atoms with van der Waals surface area (Å²) in [5.41, 5.74) is 11.1. The van der Waals surface area contributed by atoms with E-state index < -0.39 is 0 Å². The van der Waals surface area contributed by atoms with Crippen LogP contribution in [0.2, 0.25) is 0 Å². The van der Waals surface area contributed by atoms with Gasteiger partial charge in [0.05, 0.1) is 5.56 Å². The molecule has 2 heterocycles. The summed E-state index contributed by atoms with van der Waals surface area (Å²) in [5.74, 6) is 0.508. The largest absolute Gasteiger partial charge is 0.457 e. The number of nitrogens with zero attached hydrogens (tertiary/aromatic N) is 1. The van der Waals surface area contributed by atoms with Gasteiger partial charge in [-0.2, -0.15) is 0 Å². The molecule has 2 N–H and O–H groups in total. The molecule has 1 aromatic carbocycles. The zero-order valence-electron chi connectivity index (χ0n) is 13.9. The van der Waals surface area contributed by atoms with Crippen LogP contribution in [0.1, 0.15) is 52.7 Å². The van der Waals surface area contributed by atoms with E-state index >= 15 is 0 Å². The van der Waals surface area contributed by atoms with Gasteiger partial charge in [0.2, 0.25) is 0 Å². The second-order valence-electron chi connectivity index (χ2n) is 7.57. The van der Waals surface area contributed by atoms with Crippen molar-refractivity contribution in [3.8, 4) is 0 Å². The SMILES string of the molecule is Cc1c(CCN2CCC(C3(N)CCC3)C2)ccc2c1COC2=O. The lowest BCUT2D eigenvalue weighted by Gasteiger charge is -2.43. The lowest BCUT2D eigenvalue weighted by atomic mass is 9.68. The fraction of sp³-hybridized carbons (Fsp3) is 0.632. The molecule has 0 aromatic heterocycles. The Morgan fingerprint density at radius 2 is 2.22 bits per heavy atom. The quantitative estimate of drug-likeness (QED) is 0.867. The maximum absolute atomic E-state index is 11.6. The Bertz CT molecular complexity index is 637. The van der Waals surface area contributed by atoms with Crippen molar-refractivity contribution in [2.24, 2.45) is 11.7 Å². The average Bonchev–Trinajstić information content (AvgIpc) is 3.12. The number of likely N-dealkylation sites (tertiary alicyclic amines) is 1. The van der Waals surface area contributed by atoms with Crippen LogP contribution in [-0.2, 0) is 17.8 Å². The van der Waals surface area contributed by atoms with Crippen LogP contribution in [0.25, 0.3) is 0 Å². The first kappa shape index (κ1) is 15.2. The Morgan fingerprint density at radius 1 is 1.39 bits per heavy atom. The molecular formula is C19H26N2O2. The van der Waals surface area contributed by atoms with E-state index in [4.69, 9.17) is 10.5 Å². The van der Waals surface area contributed by atoms with E-state index in [-0.39, 0.29) is 11.5 Å². The monoisotopic (exact) mass is 314 g/mol. The first-order chi connectivity index (χ1) is 11.1. The summed E-state index contributed by atoms with van der Waals surface area (Å²) < 4.78 is 5.14. The first-order valence-corrected chi connectivity index (χ1v) is 8.86. The number of benzene rings is 1. The van der Waals surface area contributed by atoms with Crippen LogP contribution in [0.4, 0.5) is 0 Å². The van der Waals surface area contributed by atoms with Crippen LogP contribution >= 0.6 is 0 Å². The molecule has 0 spiro atoms. The topological polar surface area (TPSA) is 55.6 Å². The Balaban J connectivity index is 1.38. The number of hydrogen-bond donors (Lipinski definition) is 1. The lowest BCUT2D eigenvalue weighted by molar-refractivity contribution is 0.0535. The van der Waals surface area contributed by atoms with Gasteiger partial charge in [-0.25, -0.2) is 4.79 Å². The molecule has 23 heavy (non-hydrogen) atoms. The number of fused-ring (bicyclic) bond motifs is 1. The third-order valence-corrected chi connectivity index (χ3v) is 6.35. The maximum atomic E-state index is 11.6. The minimum absolute atomic E-state index is 0.135. The first-order valence-electron chi connectivity index (χ1n) is 8.86. The zero-order chi connectivity index (χ0) is 16.0. The molecular weight excluding hydrogens is 288 g/mol. The molecule has 2 fully saturated rings. The Hall–Kier alpha value is -1.39. The highest BCUT2D eigenvalue weighted by molar-refractivity contribution is 5.93. The number of carbonyl (C=O) groups excluding carboxylic acids is 1. The Kier molecular flexibility index (Phi) is 3.69. The van der Waals surface area contributed by atoms with Crippen LogP contribution in [-0.4, -0.2) is 36.0 Å². The number of esters is 1. The molecule has 1 aliphatic carbocycles. The summed E-state index contributed by atoms with van der Waals surface area (Å²) in [6.45, 7) is 5.97. The van der Waals surface area contributed by atoms with E-state index in [1.165, 1.54) is 43.4 Å². The van der Waals surface area contributed by atoms with Crippen molar-refractivity contribution in [3.05, 3.63) is 34.4 Å². The molecule has 1 unspecified atom stereocenters. The van der Waals surface area contributed by atoms with Crippen LogP contribution in [0.3, 0.4) is 0 Å². The number of nitrogens with two attached hydrogens (primary N) is 1. The van der Waals surface area contributed by atoms with Gasteiger partial charge in [0.25, 0.3) is 0 Å². The van der Waals surface area contributed by atoms with Gasteiger partial charge in [-0.1, -0.05) is 6.07 Å². The van der Waals surface area contributed by atoms with E-state index in [2.05, 4.69) is 17.9 Å². The zero-order valence-corrected chi connectivity index (χ0v) is 13.9. The third-order valence-electron chi connectivity index (χ3n) is 6.35. The van der Waals surface area contributed by atoms with Gasteiger partial charge in [-0.15, -0.1) is 0 Å². The van der Waals surface area contributed by atoms with E-state index in [0.717, 1.165) is 30.6 Å². The molecule has 0 amide bonds. The molecule has 4 nitrogen and oxygen atoms in total. The number of hydrogen-bond acceptors (Lipinski definition) is 4. The van der Waals surface area contributed by atoms with Crippen LogP contribution in [0.5, 0.6) is 0 Å². The van der Waals surface area contributed by atoms with Crippen LogP contribution < -0.4 is 5.73 Å². The van der Waals surface area contributed by atoms with Crippen LogP contribution in [0.15, 0.2) is 12.1 Å². The molecule has 0 bridgehead atoms. The molecule has 2 aliphatic heterocycles. The van der Waals surface area contributed by atoms with Crippen molar-refractivity contribution < 1.29 is 9.53 Å². The summed E-state index contributed by atoms with van der Waals surface area (Å²) in [6, 6.07) is 4.04. The van der Waals surface area contributed by atoms with Crippen molar-refractivity contribution >= 4 is 5.97 Å². The third kappa shape index (κ3) is 2.58. The van der Waals surface area contributed by atoms with Crippen molar-refractivity contribution in [2.45, 2.75) is 51.2 Å². The molecule has 1 aromatic rings. The molecule has 1 saturated heterocycles. The second kappa shape index (κ2) is 5.60. The predicted molar refractivity (Wildman–Crippen MR) is 89.3 cm³/mol. The average molecular weight is 314 g/mol. The van der Waals surface area contributed by atoms with Crippen molar-refractivity contribution in [1.29, 1.82) is 0 Å². The van der Waals surface area contributed by atoms with Crippen LogP contribution in [0, 0.1) is 12.8 Å². The Labute approximate surface area is 138 Å². The summed E-state index contributed by atoms with van der Waals surface area (Å²) in [5, 5.41) is 0. The van der Waals surface area contributed by atoms with E-state index in [0.29, 0.717) is 12.5 Å². The van der Waals surface area contributed by atoms with Gasteiger partial charge in [0, 0.05) is 24.2 Å². The van der Waals surface area contributed by atoms with Gasteiger partial charge >= 0.3 is 5.97 Å². The number of carbonyl (C=O) groups is 1. The minimum Gasteiger partial charge on any atom is -0.457 e. The fourth-order valence-electron chi connectivity index (χ4n) is 4.45. The smallest absolute Gasteiger partial charge is 0.338 e. The fourth-order valence-corrected chi connectivity index (χ4v) is 4.45. The van der Waals surface area contributed by atoms with Gasteiger partial charge in [-0.3, -0.25) is 0 Å². The molecule has 0 radical (unpaired) electrons. The second-order valence-corrected chi connectivity index (χ2v) is 7.57. The molecule has 3 aliphatic rings. The van der Waals surface area contributed by atoms with Gasteiger partial charge in [0.15, 0.2) is 0 Å². The predicted octanol–water partition coefficient (Wildman–Crippen LogP) is 2.41. The standard InChI is InChI=1S/C19H26N2O2/c1-13-14(3-4-16-17(13)12-23-18(16)22)5-9-21-10-6-15(11-21)19(20)7-2-8-19/h3-4,15H,2,5-12,20H2,1H3. The van der Waals surface area contributed by atoms with Gasteiger partial charge in [0.1, 0.15) is 6.61 Å². The molecule has 4 rings (SSSR count). The summed E-state index contributed by atoms with van der Waals surface area (Å²) in [4.78, 5) is 14.2. The summed E-state index contributed by atoms with van der Waals surface area (Å²) >= 11 is 0. The van der Waals surface area contributed by atoms with Crippen molar-refractivity contribution in [2.75, 3.05) is 19.6 Å². The molecule has 1 atom stereocenters.